The van der Waals surface area contributed by atoms with E-state index < -0.39 is 24.3 Å². The third kappa shape index (κ3) is 8.59. The molecule has 8 rings (SSSR count). The number of alkyl carbamates (subject to hydrolysis) is 2. The molecule has 0 aliphatic carbocycles. The average molecular weight is 883 g/mol. The second kappa shape index (κ2) is 18.5. The summed E-state index contributed by atoms with van der Waals surface area (Å²) in [6.45, 7) is 10.1. The van der Waals surface area contributed by atoms with Crippen LogP contribution >= 0.6 is 0 Å². The maximum absolute atomic E-state index is 14.0. The molecule has 4 aromatic rings. The first-order valence-corrected chi connectivity index (χ1v) is 21.8. The highest BCUT2D eigenvalue weighted by molar-refractivity contribution is 5.89. The van der Waals surface area contributed by atoms with Crippen molar-refractivity contribution in [2.75, 3.05) is 54.7 Å². The SMILES string of the molecule is COC[C@H]1C[C@@H](c2ncc(-c3cc4c5c(c3)OCc3cc(-c6cnc([C@@H]7C[C@H](COC)CN7C(=O)[C@@H](NC(=O)OC)C(C)C)[nH]6)cc(c3-5)OC4)[nH]2)N(C(=O)[C@@H](NC(=O)OC)C(C)C)C1. The van der Waals surface area contributed by atoms with Gasteiger partial charge in [0.25, 0.3) is 0 Å². The van der Waals surface area contributed by atoms with E-state index in [0.29, 0.717) is 64.0 Å². The van der Waals surface area contributed by atoms with Crippen molar-refractivity contribution in [1.82, 2.24) is 40.4 Å². The summed E-state index contributed by atoms with van der Waals surface area (Å²) in [6.07, 6.45) is 3.53. The molecule has 4 amide bonds. The Morgan fingerprint density at radius 3 is 1.44 bits per heavy atom. The van der Waals surface area contributed by atoms with Gasteiger partial charge in [-0.05, 0) is 48.9 Å². The Bertz CT molecular complexity index is 2180. The van der Waals surface area contributed by atoms with Crippen molar-refractivity contribution in [2.45, 2.75) is 77.9 Å². The lowest BCUT2D eigenvalue weighted by Crippen LogP contribution is -2.51. The van der Waals surface area contributed by atoms with Crippen LogP contribution in [0, 0.1) is 23.7 Å². The molecule has 4 N–H and O–H groups in total. The molecule has 0 unspecified atom stereocenters. The number of hydrogen-bond donors (Lipinski definition) is 4. The number of aromatic nitrogens is 4. The second-order valence-electron chi connectivity index (χ2n) is 17.8. The van der Waals surface area contributed by atoms with E-state index in [4.69, 9.17) is 38.4 Å². The highest BCUT2D eigenvalue weighted by atomic mass is 16.5. The van der Waals surface area contributed by atoms with Crippen molar-refractivity contribution in [3.8, 4) is 45.1 Å². The van der Waals surface area contributed by atoms with Gasteiger partial charge in [-0.15, -0.1) is 0 Å². The minimum Gasteiger partial charge on any atom is -0.488 e. The maximum atomic E-state index is 14.0. The van der Waals surface area contributed by atoms with E-state index in [0.717, 1.165) is 56.3 Å². The number of benzene rings is 2. The van der Waals surface area contributed by atoms with Crippen LogP contribution in [0.4, 0.5) is 9.59 Å². The molecule has 0 bridgehead atoms. The Labute approximate surface area is 372 Å². The van der Waals surface area contributed by atoms with Crippen molar-refractivity contribution in [3.63, 3.8) is 0 Å². The summed E-state index contributed by atoms with van der Waals surface area (Å²) in [4.78, 5) is 72.5. The number of nitrogens with one attached hydrogen (secondary N) is 4. The number of imidazole rings is 2. The van der Waals surface area contributed by atoms with Crippen molar-refractivity contribution in [1.29, 1.82) is 0 Å². The molecule has 18 nitrogen and oxygen atoms in total. The molecule has 6 heterocycles. The number of ether oxygens (including phenoxy) is 6. The Morgan fingerprint density at radius 2 is 1.08 bits per heavy atom. The minimum absolute atomic E-state index is 0.0883. The first-order chi connectivity index (χ1) is 30.8. The molecule has 18 heteroatoms. The van der Waals surface area contributed by atoms with Gasteiger partial charge in [0, 0.05) is 72.5 Å². The first-order valence-electron chi connectivity index (χ1n) is 21.8. The molecule has 2 saturated heterocycles. The third-order valence-corrected chi connectivity index (χ3v) is 12.8. The van der Waals surface area contributed by atoms with Crippen molar-refractivity contribution in [2.24, 2.45) is 23.7 Å². The Hall–Kier alpha value is -6.14. The topological polar surface area (TPSA) is 212 Å². The van der Waals surface area contributed by atoms with E-state index >= 15 is 0 Å². The molecule has 0 radical (unpaired) electrons. The monoisotopic (exact) mass is 882 g/mol. The number of H-pyrrole nitrogens is 2. The molecule has 0 saturated carbocycles. The molecule has 0 spiro atoms. The fourth-order valence-electron chi connectivity index (χ4n) is 9.62. The predicted molar refractivity (Wildman–Crippen MR) is 233 cm³/mol. The van der Waals surface area contributed by atoms with Gasteiger partial charge in [0.05, 0.1) is 63.3 Å². The number of methoxy groups -OCH3 is 4. The van der Waals surface area contributed by atoms with Crippen LogP contribution in [0.25, 0.3) is 33.6 Å². The Balaban J connectivity index is 1.04. The van der Waals surface area contributed by atoms with Crippen LogP contribution in [0.3, 0.4) is 0 Å². The summed E-state index contributed by atoms with van der Waals surface area (Å²) >= 11 is 0. The van der Waals surface area contributed by atoms with Crippen LogP contribution in [-0.4, -0.2) is 121 Å². The van der Waals surface area contributed by atoms with Crippen molar-refractivity contribution in [3.05, 3.63) is 59.4 Å². The highest BCUT2D eigenvalue weighted by Crippen LogP contribution is 2.51. The third-order valence-electron chi connectivity index (χ3n) is 12.8. The van der Waals surface area contributed by atoms with E-state index in [1.165, 1.54) is 14.2 Å². The van der Waals surface area contributed by atoms with Crippen LogP contribution in [0.15, 0.2) is 36.7 Å². The van der Waals surface area contributed by atoms with Crippen molar-refractivity contribution < 1.29 is 47.6 Å². The number of amides is 4. The lowest BCUT2D eigenvalue weighted by atomic mass is 9.87. The van der Waals surface area contributed by atoms with Gasteiger partial charge in [0.1, 0.15) is 48.4 Å². The van der Waals surface area contributed by atoms with Gasteiger partial charge in [0.15, 0.2) is 0 Å². The molecular weight excluding hydrogens is 825 g/mol. The molecule has 2 aromatic heterocycles. The molecule has 6 atom stereocenters. The number of nitrogens with zero attached hydrogens (tertiary/aromatic N) is 4. The number of hydrogen-bond acceptors (Lipinski definition) is 12. The van der Waals surface area contributed by atoms with Crippen LogP contribution in [0.1, 0.15) is 75.4 Å². The standard InChI is InChI=1S/C46H58N8O10/c1-23(2)39(51-45(57)61-7)43(55)53-17-25(19-59-5)9-33(53)41-47-15-31(49-41)27-11-29-21-64-36-14-28(12-30-22-63-35(13-27)37(29)38(30)36)32-16-48-42(50-32)34-10-26(20-60-6)18-54(34)44(56)40(24(3)4)52-46(58)62-8/h11-16,23-26,33-34,39-40H,9-10,17-22H2,1-8H3,(H,47,49)(H,48,50)(H,51,57)(H,52,58)/t25-,26-,33-,34-,39-,40-/m0/s1. The van der Waals surface area contributed by atoms with Gasteiger partial charge >= 0.3 is 12.2 Å². The summed E-state index contributed by atoms with van der Waals surface area (Å²) < 4.78 is 33.6. The Morgan fingerprint density at radius 1 is 0.672 bits per heavy atom. The molecular formula is C46H58N8O10. The molecule has 4 aliphatic rings. The largest absolute Gasteiger partial charge is 0.488 e. The van der Waals surface area contributed by atoms with Crippen LogP contribution in [0.2, 0.25) is 0 Å². The number of aromatic amines is 2. The summed E-state index contributed by atoms with van der Waals surface area (Å²) in [5, 5.41) is 5.43. The van der Waals surface area contributed by atoms with Crippen molar-refractivity contribution >= 4 is 24.0 Å². The van der Waals surface area contributed by atoms with Gasteiger partial charge in [0.2, 0.25) is 11.8 Å². The van der Waals surface area contributed by atoms with Gasteiger partial charge < -0.3 is 58.8 Å². The zero-order valence-electron chi connectivity index (χ0n) is 37.6. The normalized spacial score (nSPS) is 20.7. The van der Waals surface area contributed by atoms with E-state index in [1.54, 1.807) is 36.4 Å². The van der Waals surface area contributed by atoms with E-state index in [-0.39, 0.29) is 47.6 Å². The van der Waals surface area contributed by atoms with E-state index in [9.17, 15) is 19.2 Å². The van der Waals surface area contributed by atoms with Crippen LogP contribution < -0.4 is 20.1 Å². The summed E-state index contributed by atoms with van der Waals surface area (Å²) in [5.41, 5.74) is 7.19. The Kier molecular flexibility index (Phi) is 12.9. The summed E-state index contributed by atoms with van der Waals surface area (Å²) in [7, 11) is 5.86. The minimum atomic E-state index is -0.770. The van der Waals surface area contributed by atoms with Gasteiger partial charge in [-0.3, -0.25) is 9.59 Å². The van der Waals surface area contributed by atoms with Crippen LogP contribution in [0.5, 0.6) is 11.5 Å². The molecule has 342 valence electrons. The quantitative estimate of drug-likeness (QED) is 0.119. The lowest BCUT2D eigenvalue weighted by molar-refractivity contribution is -0.136. The summed E-state index contributed by atoms with van der Waals surface area (Å²) in [6, 6.07) is 5.95. The number of carbonyl (C=O) groups excluding carboxylic acids is 4. The average Bonchev–Trinajstić information content (AvgIpc) is 4.12. The molecule has 2 fully saturated rings. The number of likely N-dealkylation sites (tertiary alicyclic amines) is 2. The molecule has 4 aliphatic heterocycles. The zero-order valence-corrected chi connectivity index (χ0v) is 37.6. The highest BCUT2D eigenvalue weighted by Gasteiger charge is 2.43. The zero-order chi connectivity index (χ0) is 45.4. The van der Waals surface area contributed by atoms with Crippen LogP contribution in [-0.2, 0) is 41.8 Å². The molecule has 64 heavy (non-hydrogen) atoms. The van der Waals surface area contributed by atoms with Gasteiger partial charge in [-0.1, -0.05) is 27.7 Å². The van der Waals surface area contributed by atoms with E-state index in [2.05, 4.69) is 32.7 Å². The molecule has 2 aromatic carbocycles. The number of rotatable bonds is 14. The fraction of sp³-hybridized carbons (Fsp3) is 0.522. The number of carbonyl (C=O) groups is 4. The smallest absolute Gasteiger partial charge is 0.407 e. The fourth-order valence-corrected chi connectivity index (χ4v) is 9.62. The first kappa shape index (κ1) is 44.5. The van der Waals surface area contributed by atoms with E-state index in [1.807, 2.05) is 39.8 Å². The maximum Gasteiger partial charge on any atom is 0.407 e. The second-order valence-corrected chi connectivity index (χ2v) is 17.8. The summed E-state index contributed by atoms with van der Waals surface area (Å²) in [5.74, 6) is 2.19. The predicted octanol–water partition coefficient (Wildman–Crippen LogP) is 5.75. The lowest BCUT2D eigenvalue weighted by Gasteiger charge is -2.30. The van der Waals surface area contributed by atoms with Gasteiger partial charge in [-0.25, -0.2) is 19.6 Å². The van der Waals surface area contributed by atoms with Gasteiger partial charge in [-0.2, -0.15) is 0 Å².